The molecular formula is C11H12F3NO2. The topological polar surface area (TPSA) is 52.3 Å². The summed E-state index contributed by atoms with van der Waals surface area (Å²) in [6.45, 7) is -0.105. The van der Waals surface area contributed by atoms with Crippen molar-refractivity contribution in [3.8, 4) is 0 Å². The van der Waals surface area contributed by atoms with Crippen LogP contribution in [0.5, 0.6) is 0 Å². The van der Waals surface area contributed by atoms with Crippen LogP contribution in [0.1, 0.15) is 18.4 Å². The van der Waals surface area contributed by atoms with Crippen LogP contribution in [0.3, 0.4) is 0 Å². The van der Waals surface area contributed by atoms with Gasteiger partial charge in [0.2, 0.25) is 0 Å². The van der Waals surface area contributed by atoms with Crippen molar-refractivity contribution < 1.29 is 22.7 Å². The van der Waals surface area contributed by atoms with Crippen LogP contribution in [0.15, 0.2) is 24.3 Å². The van der Waals surface area contributed by atoms with E-state index in [9.17, 15) is 18.0 Å². The van der Waals surface area contributed by atoms with Gasteiger partial charge in [-0.05, 0) is 24.6 Å². The van der Waals surface area contributed by atoms with Gasteiger partial charge in [-0.15, -0.1) is 0 Å². The second-order valence-electron chi connectivity index (χ2n) is 3.61. The molecule has 17 heavy (non-hydrogen) atoms. The number of nitrogens with two attached hydrogens (primary N) is 1. The minimum atomic E-state index is -4.51. The molecule has 2 N–H and O–H groups in total. The maximum atomic E-state index is 11.8. The van der Waals surface area contributed by atoms with Gasteiger partial charge in [0.25, 0.3) is 0 Å². The summed E-state index contributed by atoms with van der Waals surface area (Å²) < 4.78 is 39.7. The molecule has 0 radical (unpaired) electrons. The van der Waals surface area contributed by atoms with E-state index in [2.05, 4.69) is 4.74 Å². The molecule has 0 fully saturated rings. The predicted octanol–water partition coefficient (Wildman–Crippen LogP) is 2.48. The smallest absolute Gasteiger partial charge is 0.422 e. The zero-order valence-corrected chi connectivity index (χ0v) is 9.12. The van der Waals surface area contributed by atoms with Gasteiger partial charge in [-0.3, -0.25) is 4.79 Å². The average Bonchev–Trinajstić information content (AvgIpc) is 2.24. The van der Waals surface area contributed by atoms with E-state index in [1.165, 1.54) is 13.0 Å². The summed E-state index contributed by atoms with van der Waals surface area (Å²) in [5, 5.41) is 0. The Morgan fingerprint density at radius 1 is 1.47 bits per heavy atom. The van der Waals surface area contributed by atoms with E-state index < -0.39 is 24.7 Å². The summed E-state index contributed by atoms with van der Waals surface area (Å²) >= 11 is 0. The van der Waals surface area contributed by atoms with E-state index in [4.69, 9.17) is 5.73 Å². The van der Waals surface area contributed by atoms with Crippen molar-refractivity contribution in [3.05, 3.63) is 29.8 Å². The quantitative estimate of drug-likeness (QED) is 0.659. The van der Waals surface area contributed by atoms with Gasteiger partial charge < -0.3 is 10.5 Å². The second-order valence-corrected chi connectivity index (χ2v) is 3.61. The molecule has 0 aromatic heterocycles. The number of hydrogen-bond acceptors (Lipinski definition) is 3. The highest BCUT2D eigenvalue weighted by atomic mass is 19.4. The van der Waals surface area contributed by atoms with Gasteiger partial charge in [0.05, 0.1) is 5.92 Å². The number of ether oxygens (including phenoxy) is 1. The fraction of sp³-hybridized carbons (Fsp3) is 0.364. The maximum absolute atomic E-state index is 11.8. The summed E-state index contributed by atoms with van der Waals surface area (Å²) in [4.78, 5) is 11.3. The van der Waals surface area contributed by atoms with Crippen molar-refractivity contribution in [1.29, 1.82) is 0 Å². The first kappa shape index (κ1) is 13.3. The Morgan fingerprint density at radius 3 is 2.65 bits per heavy atom. The number of carbonyl (C=O) groups excluding carboxylic acids is 1. The third kappa shape index (κ3) is 4.34. The third-order valence-electron chi connectivity index (χ3n) is 2.14. The molecule has 94 valence electrons. The van der Waals surface area contributed by atoms with Gasteiger partial charge in [0, 0.05) is 5.69 Å². The van der Waals surface area contributed by atoms with Crippen LogP contribution in [-0.2, 0) is 9.53 Å². The normalized spacial score (nSPS) is 13.2. The molecule has 0 heterocycles. The summed E-state index contributed by atoms with van der Waals surface area (Å²) in [6, 6.07) is 6.38. The largest absolute Gasteiger partial charge is 0.456 e. The Kier molecular flexibility index (Phi) is 3.98. The number of esters is 1. The number of halogens is 3. The Labute approximate surface area is 96.4 Å². The lowest BCUT2D eigenvalue weighted by Gasteiger charge is -2.13. The number of carbonyl (C=O) groups is 1. The molecule has 1 aromatic rings. The first-order valence-electron chi connectivity index (χ1n) is 4.88. The van der Waals surface area contributed by atoms with E-state index in [1.54, 1.807) is 18.2 Å². The summed E-state index contributed by atoms with van der Waals surface area (Å²) in [7, 11) is 0. The van der Waals surface area contributed by atoms with E-state index in [1.807, 2.05) is 0 Å². The van der Waals surface area contributed by atoms with Gasteiger partial charge in [0.1, 0.15) is 0 Å². The van der Waals surface area contributed by atoms with Crippen LogP contribution >= 0.6 is 0 Å². The van der Waals surface area contributed by atoms with Gasteiger partial charge >= 0.3 is 12.1 Å². The second kappa shape index (κ2) is 5.07. The van der Waals surface area contributed by atoms with Crippen molar-refractivity contribution in [2.24, 2.45) is 0 Å². The molecule has 1 atom stereocenters. The van der Waals surface area contributed by atoms with Crippen LogP contribution in [0.25, 0.3) is 0 Å². The first-order chi connectivity index (χ1) is 7.79. The Hall–Kier alpha value is -1.72. The zero-order valence-electron chi connectivity index (χ0n) is 9.12. The minimum absolute atomic E-state index is 0.443. The zero-order chi connectivity index (χ0) is 13.1. The van der Waals surface area contributed by atoms with Crippen molar-refractivity contribution >= 4 is 11.7 Å². The van der Waals surface area contributed by atoms with Gasteiger partial charge in [-0.1, -0.05) is 12.1 Å². The number of nitrogen functional groups attached to an aromatic ring is 1. The van der Waals surface area contributed by atoms with Crippen LogP contribution in [-0.4, -0.2) is 18.8 Å². The van der Waals surface area contributed by atoms with Crippen LogP contribution in [0.4, 0.5) is 18.9 Å². The molecule has 0 spiro atoms. The van der Waals surface area contributed by atoms with Crippen LogP contribution < -0.4 is 5.73 Å². The Balaban J connectivity index is 2.64. The lowest BCUT2D eigenvalue weighted by Crippen LogP contribution is -2.23. The molecule has 1 aromatic carbocycles. The van der Waals surface area contributed by atoms with Crippen molar-refractivity contribution in [3.63, 3.8) is 0 Å². The molecule has 0 saturated heterocycles. The molecule has 0 bridgehead atoms. The third-order valence-corrected chi connectivity index (χ3v) is 2.14. The van der Waals surface area contributed by atoms with E-state index in [0.717, 1.165) is 0 Å². The molecule has 0 aliphatic heterocycles. The maximum Gasteiger partial charge on any atom is 0.422 e. The highest BCUT2D eigenvalue weighted by Crippen LogP contribution is 2.21. The molecule has 1 unspecified atom stereocenters. The molecule has 3 nitrogen and oxygen atoms in total. The number of alkyl halides is 3. The van der Waals surface area contributed by atoms with Gasteiger partial charge in [-0.2, -0.15) is 13.2 Å². The van der Waals surface area contributed by atoms with E-state index in [-0.39, 0.29) is 0 Å². The molecule has 0 amide bonds. The number of rotatable bonds is 3. The summed E-state index contributed by atoms with van der Waals surface area (Å²) in [6.07, 6.45) is -4.51. The fourth-order valence-corrected chi connectivity index (χ4v) is 1.24. The van der Waals surface area contributed by atoms with Crippen LogP contribution in [0, 0.1) is 0 Å². The van der Waals surface area contributed by atoms with E-state index >= 15 is 0 Å². The molecule has 1 rings (SSSR count). The van der Waals surface area contributed by atoms with Crippen molar-refractivity contribution in [1.82, 2.24) is 0 Å². The monoisotopic (exact) mass is 247 g/mol. The number of hydrogen-bond donors (Lipinski definition) is 1. The highest BCUT2D eigenvalue weighted by Gasteiger charge is 2.30. The summed E-state index contributed by atoms with van der Waals surface area (Å²) in [5.41, 5.74) is 6.48. The first-order valence-corrected chi connectivity index (χ1v) is 4.88. The van der Waals surface area contributed by atoms with Crippen LogP contribution in [0.2, 0.25) is 0 Å². The molecule has 0 aliphatic carbocycles. The van der Waals surface area contributed by atoms with Gasteiger partial charge in [-0.25, -0.2) is 0 Å². The standard InChI is InChI=1S/C11H12F3NO2/c1-7(8-3-2-4-9(15)5-8)10(16)17-6-11(12,13)14/h2-5,7H,6,15H2,1H3. The van der Waals surface area contributed by atoms with Crippen molar-refractivity contribution in [2.45, 2.75) is 19.0 Å². The van der Waals surface area contributed by atoms with Crippen molar-refractivity contribution in [2.75, 3.05) is 12.3 Å². The SMILES string of the molecule is CC(C(=O)OCC(F)(F)F)c1cccc(N)c1. The Bertz CT molecular complexity index is 404. The fourth-order valence-electron chi connectivity index (χ4n) is 1.24. The summed E-state index contributed by atoms with van der Waals surface area (Å²) in [5.74, 6) is -1.70. The van der Waals surface area contributed by atoms with E-state index in [0.29, 0.717) is 11.3 Å². The lowest BCUT2D eigenvalue weighted by molar-refractivity contribution is -0.187. The molecule has 6 heteroatoms. The average molecular weight is 247 g/mol. The predicted molar refractivity (Wildman–Crippen MR) is 56.3 cm³/mol. The number of benzene rings is 1. The Morgan fingerprint density at radius 2 is 2.12 bits per heavy atom. The highest BCUT2D eigenvalue weighted by molar-refractivity contribution is 5.78. The lowest BCUT2D eigenvalue weighted by atomic mass is 10.0. The molecular weight excluding hydrogens is 235 g/mol. The van der Waals surface area contributed by atoms with Gasteiger partial charge in [0.15, 0.2) is 6.61 Å². The molecule has 0 aliphatic rings. The minimum Gasteiger partial charge on any atom is -0.456 e. The molecule has 0 saturated carbocycles. The number of anilines is 1.